The molecule has 1 rings (SSSR count). The van der Waals surface area contributed by atoms with Gasteiger partial charge in [-0.1, -0.05) is 0 Å². The average Bonchev–Trinajstić information content (AvgIpc) is 2.08. The molecule has 1 aromatic rings. The summed E-state index contributed by atoms with van der Waals surface area (Å²) in [5, 5.41) is 0. The zero-order chi connectivity index (χ0) is 8.65. The molecule has 1 heterocycles. The van der Waals surface area contributed by atoms with E-state index in [-0.39, 0.29) is 0 Å². The molecule has 62 valence electrons. The summed E-state index contributed by atoms with van der Waals surface area (Å²) in [6, 6.07) is 2.32. The molecule has 0 nitrogen and oxygen atoms in total. The standard InChI is InChI=1S/C6H7S.3CH3.Sn/c1-5-3-6(2)7-4-5;;;;/h3H,1-2H3;3*1H3;. The van der Waals surface area contributed by atoms with E-state index in [0.717, 1.165) is 0 Å². The number of thiophene rings is 1. The molecule has 2 heteroatoms. The second-order valence-electron chi connectivity index (χ2n) is 4.12. The molecule has 0 aromatic carbocycles. The molecule has 0 unspecified atom stereocenters. The van der Waals surface area contributed by atoms with Crippen molar-refractivity contribution in [3.63, 3.8) is 0 Å². The van der Waals surface area contributed by atoms with Gasteiger partial charge in [-0.15, -0.1) is 0 Å². The molecular weight excluding hydrogens is 259 g/mol. The van der Waals surface area contributed by atoms with Gasteiger partial charge in [-0.3, -0.25) is 0 Å². The molecule has 0 N–H and O–H groups in total. The van der Waals surface area contributed by atoms with Gasteiger partial charge in [0.2, 0.25) is 0 Å². The maximum atomic E-state index is 2.48. The second kappa shape index (κ2) is 3.09. The molecule has 0 spiro atoms. The van der Waals surface area contributed by atoms with Crippen LogP contribution in [0, 0.1) is 13.8 Å². The molecular formula is C9H16SSn. The van der Waals surface area contributed by atoms with E-state index in [9.17, 15) is 0 Å². The molecule has 0 saturated carbocycles. The van der Waals surface area contributed by atoms with Gasteiger partial charge >= 0.3 is 77.8 Å². The van der Waals surface area contributed by atoms with E-state index in [0.29, 0.717) is 0 Å². The van der Waals surface area contributed by atoms with Gasteiger partial charge in [0.25, 0.3) is 0 Å². The zero-order valence-electron chi connectivity index (χ0n) is 7.99. The van der Waals surface area contributed by atoms with Crippen LogP contribution in [-0.2, 0) is 0 Å². The van der Waals surface area contributed by atoms with Crippen molar-refractivity contribution < 1.29 is 0 Å². The molecule has 0 amide bonds. The fraction of sp³-hybridized carbons (Fsp3) is 0.556. The average molecular weight is 275 g/mol. The summed E-state index contributed by atoms with van der Waals surface area (Å²) in [7, 11) is 0. The van der Waals surface area contributed by atoms with E-state index < -0.39 is 18.4 Å². The zero-order valence-corrected chi connectivity index (χ0v) is 11.7. The molecule has 0 aliphatic rings. The van der Waals surface area contributed by atoms with Gasteiger partial charge in [-0.05, 0) is 0 Å². The normalized spacial score (nSPS) is 12.1. The van der Waals surface area contributed by atoms with Crippen LogP contribution in [0.2, 0.25) is 14.8 Å². The SMILES string of the molecule is Cc1cc(C)[c]([Sn]([CH3])([CH3])[CH3])s1. The predicted molar refractivity (Wildman–Crippen MR) is 56.8 cm³/mol. The first-order valence-corrected chi connectivity index (χ1v) is 14.8. The topological polar surface area (TPSA) is 0 Å². The first-order valence-electron chi connectivity index (χ1n) is 3.99. The third-order valence-corrected chi connectivity index (χ3v) is 12.7. The van der Waals surface area contributed by atoms with Crippen LogP contribution in [0.3, 0.4) is 0 Å². The van der Waals surface area contributed by atoms with Crippen LogP contribution in [0.15, 0.2) is 6.07 Å². The molecule has 1 aromatic heterocycles. The van der Waals surface area contributed by atoms with Crippen molar-refractivity contribution in [2.45, 2.75) is 28.7 Å². The summed E-state index contributed by atoms with van der Waals surface area (Å²) >= 11 is 0.279. The third kappa shape index (κ3) is 2.22. The van der Waals surface area contributed by atoms with Gasteiger partial charge < -0.3 is 0 Å². The van der Waals surface area contributed by atoms with Gasteiger partial charge in [0.05, 0.1) is 0 Å². The third-order valence-electron chi connectivity index (χ3n) is 1.72. The first-order chi connectivity index (χ1) is 4.91. The minimum absolute atomic E-state index is 1.48. The summed E-state index contributed by atoms with van der Waals surface area (Å²) in [6.07, 6.45) is 0. The van der Waals surface area contributed by atoms with Crippen LogP contribution < -0.4 is 2.89 Å². The fourth-order valence-electron chi connectivity index (χ4n) is 1.39. The Labute approximate surface area is 77.5 Å². The second-order valence-corrected chi connectivity index (χ2v) is 20.7. The Morgan fingerprint density at radius 1 is 1.18 bits per heavy atom. The summed E-state index contributed by atoms with van der Waals surface area (Å²) in [5.41, 5.74) is 1.54. The van der Waals surface area contributed by atoms with E-state index in [1.165, 1.54) is 10.4 Å². The molecule has 0 radical (unpaired) electrons. The van der Waals surface area contributed by atoms with Crippen LogP contribution in [0.1, 0.15) is 10.4 Å². The van der Waals surface area contributed by atoms with Crippen LogP contribution in [-0.4, -0.2) is 18.4 Å². The molecule has 0 atom stereocenters. The molecule has 11 heavy (non-hydrogen) atoms. The van der Waals surface area contributed by atoms with Crippen molar-refractivity contribution >= 4 is 32.6 Å². The van der Waals surface area contributed by atoms with Crippen LogP contribution in [0.25, 0.3) is 0 Å². The Bertz CT molecular complexity index is 255. The quantitative estimate of drug-likeness (QED) is 0.691. The van der Waals surface area contributed by atoms with E-state index in [2.05, 4.69) is 34.7 Å². The van der Waals surface area contributed by atoms with Crippen molar-refractivity contribution in [2.24, 2.45) is 0 Å². The monoisotopic (exact) mass is 276 g/mol. The van der Waals surface area contributed by atoms with Crippen molar-refractivity contribution in [1.29, 1.82) is 0 Å². The van der Waals surface area contributed by atoms with Gasteiger partial charge in [0.1, 0.15) is 0 Å². The van der Waals surface area contributed by atoms with Gasteiger partial charge in [0.15, 0.2) is 0 Å². The van der Waals surface area contributed by atoms with Crippen LogP contribution >= 0.6 is 11.3 Å². The molecule has 0 saturated heterocycles. The van der Waals surface area contributed by atoms with E-state index in [1.54, 1.807) is 2.89 Å². The van der Waals surface area contributed by atoms with Gasteiger partial charge in [-0.25, -0.2) is 0 Å². The molecule has 0 bridgehead atoms. The van der Waals surface area contributed by atoms with E-state index >= 15 is 0 Å². The maximum absolute atomic E-state index is 2.48. The Balaban J connectivity index is 3.13. The molecule has 0 fully saturated rings. The number of hydrogen-bond donors (Lipinski definition) is 0. The Morgan fingerprint density at radius 2 is 1.73 bits per heavy atom. The number of aryl methyl sites for hydroxylation is 2. The van der Waals surface area contributed by atoms with Crippen molar-refractivity contribution in [2.75, 3.05) is 0 Å². The Morgan fingerprint density at radius 3 is 1.91 bits per heavy atom. The number of rotatable bonds is 1. The Kier molecular flexibility index (Phi) is 2.70. The summed E-state index contributed by atoms with van der Waals surface area (Å²) in [6.45, 7) is 4.46. The number of hydrogen-bond acceptors (Lipinski definition) is 1. The summed E-state index contributed by atoms with van der Waals surface area (Å²) in [4.78, 5) is 8.91. The van der Waals surface area contributed by atoms with E-state index in [4.69, 9.17) is 0 Å². The van der Waals surface area contributed by atoms with Crippen LogP contribution in [0.4, 0.5) is 0 Å². The van der Waals surface area contributed by atoms with Gasteiger partial charge in [-0.2, -0.15) is 0 Å². The van der Waals surface area contributed by atoms with E-state index in [1.807, 2.05) is 11.3 Å². The van der Waals surface area contributed by atoms with Crippen molar-refractivity contribution in [3.05, 3.63) is 16.5 Å². The summed E-state index contributed by atoms with van der Waals surface area (Å²) < 4.78 is 1.73. The van der Waals surface area contributed by atoms with Crippen molar-refractivity contribution in [3.8, 4) is 0 Å². The van der Waals surface area contributed by atoms with Crippen molar-refractivity contribution in [1.82, 2.24) is 0 Å². The van der Waals surface area contributed by atoms with Gasteiger partial charge in [0, 0.05) is 0 Å². The summed E-state index contributed by atoms with van der Waals surface area (Å²) in [5.74, 6) is 0. The Hall–Kier alpha value is 0.499. The first kappa shape index (κ1) is 9.59. The molecule has 0 aliphatic carbocycles. The minimum atomic E-state index is -1.74. The molecule has 0 aliphatic heterocycles. The van der Waals surface area contributed by atoms with Crippen LogP contribution in [0.5, 0.6) is 0 Å². The predicted octanol–water partition coefficient (Wildman–Crippen LogP) is 2.91. The fourth-order valence-corrected chi connectivity index (χ4v) is 10.1.